The first-order valence-electron chi connectivity index (χ1n) is 7.85. The summed E-state index contributed by atoms with van der Waals surface area (Å²) in [6, 6.07) is 6.90. The van der Waals surface area contributed by atoms with Crippen LogP contribution < -0.4 is 9.47 Å². The number of methoxy groups -OCH3 is 2. The Labute approximate surface area is 128 Å². The smallest absolute Gasteiger partial charge is 0.161 e. The number of hydrogen-bond acceptors (Lipinski definition) is 4. The van der Waals surface area contributed by atoms with Crippen LogP contribution in [0.5, 0.6) is 11.5 Å². The van der Waals surface area contributed by atoms with E-state index in [1.807, 2.05) is 6.07 Å². The summed E-state index contributed by atoms with van der Waals surface area (Å²) in [4.78, 5) is 5.10. The fourth-order valence-corrected chi connectivity index (χ4v) is 2.86. The summed E-state index contributed by atoms with van der Waals surface area (Å²) in [5.41, 5.74) is 1.28. The quantitative estimate of drug-likeness (QED) is 0.805. The van der Waals surface area contributed by atoms with E-state index >= 15 is 0 Å². The average molecular weight is 292 g/mol. The molecular formula is C17H28N2O2. The molecule has 1 unspecified atom stereocenters. The van der Waals surface area contributed by atoms with Crippen molar-refractivity contribution < 1.29 is 9.47 Å². The van der Waals surface area contributed by atoms with E-state index in [1.165, 1.54) is 25.1 Å². The van der Waals surface area contributed by atoms with Gasteiger partial charge in [0.15, 0.2) is 11.5 Å². The van der Waals surface area contributed by atoms with Gasteiger partial charge in [-0.15, -0.1) is 0 Å². The van der Waals surface area contributed by atoms with Gasteiger partial charge < -0.3 is 9.47 Å². The first-order chi connectivity index (χ1) is 10.2. The van der Waals surface area contributed by atoms with Gasteiger partial charge in [-0.25, -0.2) is 0 Å². The van der Waals surface area contributed by atoms with Gasteiger partial charge in [0.05, 0.1) is 14.2 Å². The molecule has 0 aliphatic carbocycles. The maximum Gasteiger partial charge on any atom is 0.161 e. The van der Waals surface area contributed by atoms with E-state index in [0.717, 1.165) is 31.1 Å². The molecule has 1 aliphatic rings. The molecule has 1 atom stereocenters. The van der Waals surface area contributed by atoms with Crippen molar-refractivity contribution in [2.45, 2.75) is 32.9 Å². The first kappa shape index (κ1) is 16.1. The molecule has 0 bridgehead atoms. The summed E-state index contributed by atoms with van der Waals surface area (Å²) in [7, 11) is 3.36. The lowest BCUT2D eigenvalue weighted by Crippen LogP contribution is -2.48. The maximum atomic E-state index is 5.38. The van der Waals surface area contributed by atoms with Gasteiger partial charge in [-0.05, 0) is 31.0 Å². The highest BCUT2D eigenvalue weighted by molar-refractivity contribution is 5.42. The van der Waals surface area contributed by atoms with Crippen molar-refractivity contribution in [3.63, 3.8) is 0 Å². The summed E-state index contributed by atoms with van der Waals surface area (Å²) in [6.07, 6.45) is 1.23. The first-order valence-corrected chi connectivity index (χ1v) is 7.85. The number of nitrogens with zero attached hydrogens (tertiary/aromatic N) is 2. The van der Waals surface area contributed by atoms with Gasteiger partial charge in [0.2, 0.25) is 0 Å². The zero-order chi connectivity index (χ0) is 15.2. The highest BCUT2D eigenvalue weighted by atomic mass is 16.5. The SMILES string of the molecule is CCC(C)N1CCN(Cc2ccc(OC)c(OC)c2)CC1. The van der Waals surface area contributed by atoms with Gasteiger partial charge >= 0.3 is 0 Å². The Kier molecular flexibility index (Phi) is 5.88. The third-order valence-electron chi connectivity index (χ3n) is 4.48. The van der Waals surface area contributed by atoms with Crippen LogP contribution in [0.2, 0.25) is 0 Å². The van der Waals surface area contributed by atoms with Gasteiger partial charge in [0, 0.05) is 38.8 Å². The van der Waals surface area contributed by atoms with Crippen molar-refractivity contribution in [3.05, 3.63) is 23.8 Å². The van der Waals surface area contributed by atoms with Crippen molar-refractivity contribution in [1.29, 1.82) is 0 Å². The molecule has 4 nitrogen and oxygen atoms in total. The molecule has 0 aromatic heterocycles. The summed E-state index contributed by atoms with van der Waals surface area (Å²) >= 11 is 0. The maximum absolute atomic E-state index is 5.38. The fraction of sp³-hybridized carbons (Fsp3) is 0.647. The average Bonchev–Trinajstić information content (AvgIpc) is 2.54. The zero-order valence-corrected chi connectivity index (χ0v) is 13.8. The molecular weight excluding hydrogens is 264 g/mol. The standard InChI is InChI=1S/C17H28N2O2/c1-5-14(2)19-10-8-18(9-11-19)13-15-6-7-16(20-3)17(12-15)21-4/h6-7,12,14H,5,8-11,13H2,1-4H3. The molecule has 0 amide bonds. The second-order valence-electron chi connectivity index (χ2n) is 5.76. The van der Waals surface area contributed by atoms with Crippen LogP contribution in [0, 0.1) is 0 Å². The molecule has 21 heavy (non-hydrogen) atoms. The monoisotopic (exact) mass is 292 g/mol. The van der Waals surface area contributed by atoms with E-state index < -0.39 is 0 Å². The number of rotatable bonds is 6. The third-order valence-corrected chi connectivity index (χ3v) is 4.48. The molecule has 0 radical (unpaired) electrons. The lowest BCUT2D eigenvalue weighted by Gasteiger charge is -2.37. The number of benzene rings is 1. The molecule has 0 spiro atoms. The van der Waals surface area contributed by atoms with Crippen LogP contribution in [-0.4, -0.2) is 56.2 Å². The summed E-state index contributed by atoms with van der Waals surface area (Å²) in [5.74, 6) is 1.61. The van der Waals surface area contributed by atoms with Crippen LogP contribution in [0.3, 0.4) is 0 Å². The van der Waals surface area contributed by atoms with E-state index in [0.29, 0.717) is 6.04 Å². The Morgan fingerprint density at radius 3 is 2.29 bits per heavy atom. The predicted molar refractivity (Wildman–Crippen MR) is 86.1 cm³/mol. The van der Waals surface area contributed by atoms with Crippen LogP contribution in [-0.2, 0) is 6.54 Å². The molecule has 0 N–H and O–H groups in total. The Hall–Kier alpha value is -1.26. The van der Waals surface area contributed by atoms with Gasteiger partial charge in [-0.2, -0.15) is 0 Å². The van der Waals surface area contributed by atoms with Crippen molar-refractivity contribution in [1.82, 2.24) is 9.80 Å². The van der Waals surface area contributed by atoms with Gasteiger partial charge in [0.1, 0.15) is 0 Å². The molecule has 1 fully saturated rings. The van der Waals surface area contributed by atoms with E-state index in [2.05, 4.69) is 35.8 Å². The van der Waals surface area contributed by atoms with Crippen LogP contribution >= 0.6 is 0 Å². The molecule has 0 saturated carbocycles. The predicted octanol–water partition coefficient (Wildman–Crippen LogP) is 2.62. The highest BCUT2D eigenvalue weighted by Gasteiger charge is 2.20. The van der Waals surface area contributed by atoms with E-state index in [1.54, 1.807) is 14.2 Å². The molecule has 4 heteroatoms. The minimum absolute atomic E-state index is 0.702. The van der Waals surface area contributed by atoms with Gasteiger partial charge in [-0.3, -0.25) is 9.80 Å². The Morgan fingerprint density at radius 2 is 1.71 bits per heavy atom. The number of hydrogen-bond donors (Lipinski definition) is 0. The van der Waals surface area contributed by atoms with Crippen molar-refractivity contribution in [2.24, 2.45) is 0 Å². The fourth-order valence-electron chi connectivity index (χ4n) is 2.86. The van der Waals surface area contributed by atoms with E-state index in [9.17, 15) is 0 Å². The van der Waals surface area contributed by atoms with Crippen molar-refractivity contribution in [2.75, 3.05) is 40.4 Å². The summed E-state index contributed by atoms with van der Waals surface area (Å²) in [6.45, 7) is 10.2. The Balaban J connectivity index is 1.91. The molecule has 1 saturated heterocycles. The van der Waals surface area contributed by atoms with E-state index in [4.69, 9.17) is 9.47 Å². The normalized spacial score (nSPS) is 18.5. The second-order valence-corrected chi connectivity index (χ2v) is 5.76. The lowest BCUT2D eigenvalue weighted by atomic mass is 10.1. The molecule has 1 aliphatic heterocycles. The van der Waals surface area contributed by atoms with Gasteiger partial charge in [0.25, 0.3) is 0 Å². The lowest BCUT2D eigenvalue weighted by molar-refractivity contribution is 0.0963. The number of piperazine rings is 1. The summed E-state index contributed by atoms with van der Waals surface area (Å²) in [5, 5.41) is 0. The second kappa shape index (κ2) is 7.66. The van der Waals surface area contributed by atoms with E-state index in [-0.39, 0.29) is 0 Å². The topological polar surface area (TPSA) is 24.9 Å². The molecule has 1 aromatic carbocycles. The summed E-state index contributed by atoms with van der Waals surface area (Å²) < 4.78 is 10.7. The molecule has 2 rings (SSSR count). The van der Waals surface area contributed by atoms with Crippen LogP contribution in [0.4, 0.5) is 0 Å². The minimum Gasteiger partial charge on any atom is -0.493 e. The highest BCUT2D eigenvalue weighted by Crippen LogP contribution is 2.28. The van der Waals surface area contributed by atoms with Crippen LogP contribution in [0.1, 0.15) is 25.8 Å². The van der Waals surface area contributed by atoms with Crippen molar-refractivity contribution in [3.8, 4) is 11.5 Å². The molecule has 1 heterocycles. The van der Waals surface area contributed by atoms with Crippen LogP contribution in [0.15, 0.2) is 18.2 Å². The largest absolute Gasteiger partial charge is 0.493 e. The molecule has 1 aromatic rings. The Bertz CT molecular complexity index is 442. The third kappa shape index (κ3) is 4.11. The minimum atomic E-state index is 0.702. The Morgan fingerprint density at radius 1 is 1.05 bits per heavy atom. The van der Waals surface area contributed by atoms with Crippen LogP contribution in [0.25, 0.3) is 0 Å². The zero-order valence-electron chi connectivity index (χ0n) is 13.8. The van der Waals surface area contributed by atoms with Crippen molar-refractivity contribution >= 4 is 0 Å². The number of ether oxygens (including phenoxy) is 2. The molecule has 118 valence electrons. The van der Waals surface area contributed by atoms with Gasteiger partial charge in [-0.1, -0.05) is 13.0 Å².